The second kappa shape index (κ2) is 4.41. The Balaban J connectivity index is 2.70. The van der Waals surface area contributed by atoms with Crippen LogP contribution in [0.15, 0.2) is 30.0 Å². The van der Waals surface area contributed by atoms with Crippen molar-refractivity contribution in [2.75, 3.05) is 5.32 Å². The zero-order valence-electron chi connectivity index (χ0n) is 8.24. The van der Waals surface area contributed by atoms with E-state index in [2.05, 4.69) is 10.3 Å². The predicted octanol–water partition coefficient (Wildman–Crippen LogP) is 1.19. The Morgan fingerprint density at radius 1 is 1.57 bits per heavy atom. The maximum absolute atomic E-state index is 11.2. The number of nitrogens with one attached hydrogen (secondary N) is 1. The molecule has 0 fully saturated rings. The topological polar surface area (TPSA) is 68.0 Å². The van der Waals surface area contributed by atoms with Gasteiger partial charge in [-0.1, -0.05) is 6.07 Å². The van der Waals surface area contributed by atoms with Crippen LogP contribution in [0.5, 0.6) is 0 Å². The van der Waals surface area contributed by atoms with Gasteiger partial charge in [-0.15, -0.1) is 0 Å². The lowest BCUT2D eigenvalue weighted by Crippen LogP contribution is -2.11. The molecule has 0 radical (unpaired) electrons. The molecule has 0 aliphatic carbocycles. The van der Waals surface area contributed by atoms with E-state index in [4.69, 9.17) is 5.73 Å². The summed E-state index contributed by atoms with van der Waals surface area (Å²) in [6, 6.07) is 5.42. The highest BCUT2D eigenvalue weighted by molar-refractivity contribution is 5.98. The molecule has 1 aromatic heterocycles. The normalized spacial score (nSPS) is 11.1. The summed E-state index contributed by atoms with van der Waals surface area (Å²) in [4.78, 5) is 15.3. The van der Waals surface area contributed by atoms with Crippen LogP contribution in [-0.2, 0) is 4.79 Å². The second-order valence-electron chi connectivity index (χ2n) is 3.04. The van der Waals surface area contributed by atoms with Crippen molar-refractivity contribution in [1.29, 1.82) is 0 Å². The fraction of sp³-hybridized carbons (Fsp3) is 0.200. The fourth-order valence-corrected chi connectivity index (χ4v) is 0.982. The molecule has 0 bridgehead atoms. The van der Waals surface area contributed by atoms with Crippen LogP contribution in [0.25, 0.3) is 0 Å². The van der Waals surface area contributed by atoms with E-state index in [-0.39, 0.29) is 5.91 Å². The highest BCUT2D eigenvalue weighted by atomic mass is 16.1. The molecule has 74 valence electrons. The molecule has 0 aliphatic rings. The van der Waals surface area contributed by atoms with Crippen molar-refractivity contribution >= 4 is 11.7 Å². The summed E-state index contributed by atoms with van der Waals surface area (Å²) < 4.78 is 0. The predicted molar refractivity (Wildman–Crippen MR) is 55.5 cm³/mol. The van der Waals surface area contributed by atoms with Gasteiger partial charge in [-0.2, -0.15) is 0 Å². The van der Waals surface area contributed by atoms with Crippen LogP contribution in [0.1, 0.15) is 12.6 Å². The van der Waals surface area contributed by atoms with Crippen LogP contribution in [0.4, 0.5) is 5.82 Å². The maximum Gasteiger partial charge on any atom is 0.251 e. The summed E-state index contributed by atoms with van der Waals surface area (Å²) in [6.07, 6.45) is 1.32. The molecule has 1 rings (SSSR count). The molecular weight excluding hydrogens is 178 g/mol. The molecule has 0 aromatic carbocycles. The van der Waals surface area contributed by atoms with Gasteiger partial charge in [-0.3, -0.25) is 4.79 Å². The molecule has 0 aliphatic heterocycles. The van der Waals surface area contributed by atoms with Gasteiger partial charge in [0.2, 0.25) is 0 Å². The average Bonchev–Trinajstić information content (AvgIpc) is 2.01. The molecule has 0 saturated carbocycles. The highest BCUT2D eigenvalue weighted by Gasteiger charge is 1.99. The third-order valence-corrected chi connectivity index (χ3v) is 1.50. The maximum atomic E-state index is 11.2. The SMILES string of the molecule is CC(N)=CC(=O)Nc1cccc(C)n1. The molecule has 4 heteroatoms. The number of hydrogen-bond acceptors (Lipinski definition) is 3. The van der Waals surface area contributed by atoms with Gasteiger partial charge in [0.15, 0.2) is 0 Å². The van der Waals surface area contributed by atoms with Gasteiger partial charge in [0.25, 0.3) is 5.91 Å². The first-order chi connectivity index (χ1) is 6.58. The van der Waals surface area contributed by atoms with Crippen LogP contribution in [0, 0.1) is 6.92 Å². The number of nitrogens with two attached hydrogens (primary N) is 1. The molecule has 0 spiro atoms. The molecule has 1 heterocycles. The number of aromatic nitrogens is 1. The number of carbonyl (C=O) groups excluding carboxylic acids is 1. The Morgan fingerprint density at radius 3 is 2.86 bits per heavy atom. The van der Waals surface area contributed by atoms with Crippen molar-refractivity contribution in [1.82, 2.24) is 4.98 Å². The molecule has 0 saturated heterocycles. The number of carbonyl (C=O) groups is 1. The third-order valence-electron chi connectivity index (χ3n) is 1.50. The lowest BCUT2D eigenvalue weighted by Gasteiger charge is -2.01. The molecule has 3 N–H and O–H groups in total. The van der Waals surface area contributed by atoms with Crippen molar-refractivity contribution in [3.05, 3.63) is 35.7 Å². The summed E-state index contributed by atoms with van der Waals surface area (Å²) in [6.45, 7) is 3.52. The van der Waals surface area contributed by atoms with E-state index in [1.54, 1.807) is 13.0 Å². The molecule has 0 atom stereocenters. The van der Waals surface area contributed by atoms with Crippen molar-refractivity contribution in [3.8, 4) is 0 Å². The first-order valence-electron chi connectivity index (χ1n) is 4.26. The standard InChI is InChI=1S/C10H13N3O/c1-7(11)6-10(14)13-9-5-3-4-8(2)12-9/h3-6H,11H2,1-2H3,(H,12,13,14). The number of allylic oxidation sites excluding steroid dienone is 1. The number of hydrogen-bond donors (Lipinski definition) is 2. The molecule has 0 unspecified atom stereocenters. The van der Waals surface area contributed by atoms with Crippen LogP contribution in [-0.4, -0.2) is 10.9 Å². The number of amides is 1. The van der Waals surface area contributed by atoms with Crippen molar-refractivity contribution < 1.29 is 4.79 Å². The van der Waals surface area contributed by atoms with Gasteiger partial charge in [-0.05, 0) is 26.0 Å². The summed E-state index contributed by atoms with van der Waals surface area (Å²) in [7, 11) is 0. The summed E-state index contributed by atoms with van der Waals surface area (Å²) in [5, 5.41) is 2.61. The van der Waals surface area contributed by atoms with Gasteiger partial charge in [0.05, 0.1) is 0 Å². The van der Waals surface area contributed by atoms with E-state index in [0.29, 0.717) is 11.5 Å². The third kappa shape index (κ3) is 3.26. The summed E-state index contributed by atoms with van der Waals surface area (Å²) >= 11 is 0. The number of aryl methyl sites for hydroxylation is 1. The van der Waals surface area contributed by atoms with Crippen molar-refractivity contribution in [2.24, 2.45) is 5.73 Å². The highest BCUT2D eigenvalue weighted by Crippen LogP contribution is 2.03. The minimum absolute atomic E-state index is 0.261. The first kappa shape index (κ1) is 10.2. The molecule has 1 amide bonds. The molecule has 14 heavy (non-hydrogen) atoms. The van der Waals surface area contributed by atoms with E-state index >= 15 is 0 Å². The smallest absolute Gasteiger partial charge is 0.251 e. The zero-order chi connectivity index (χ0) is 10.6. The van der Waals surface area contributed by atoms with Crippen molar-refractivity contribution in [3.63, 3.8) is 0 Å². The average molecular weight is 191 g/mol. The Morgan fingerprint density at radius 2 is 2.29 bits per heavy atom. The van der Waals surface area contributed by atoms with Crippen molar-refractivity contribution in [2.45, 2.75) is 13.8 Å². The van der Waals surface area contributed by atoms with Crippen LogP contribution in [0.3, 0.4) is 0 Å². The largest absolute Gasteiger partial charge is 0.402 e. The molecule has 1 aromatic rings. The number of pyridine rings is 1. The molecule has 4 nitrogen and oxygen atoms in total. The zero-order valence-corrected chi connectivity index (χ0v) is 8.24. The quantitative estimate of drug-likeness (QED) is 0.690. The monoisotopic (exact) mass is 191 g/mol. The number of nitrogens with zero attached hydrogens (tertiary/aromatic N) is 1. The number of anilines is 1. The van der Waals surface area contributed by atoms with Crippen LogP contribution >= 0.6 is 0 Å². The van der Waals surface area contributed by atoms with Crippen LogP contribution < -0.4 is 11.1 Å². The Labute approximate surface area is 82.8 Å². The van der Waals surface area contributed by atoms with E-state index in [9.17, 15) is 4.79 Å². The van der Waals surface area contributed by atoms with Gasteiger partial charge in [0.1, 0.15) is 5.82 Å². The Kier molecular flexibility index (Phi) is 3.23. The van der Waals surface area contributed by atoms with E-state index in [0.717, 1.165) is 5.69 Å². The fourth-order valence-electron chi connectivity index (χ4n) is 0.982. The number of rotatable bonds is 2. The Bertz CT molecular complexity index is 367. The Hall–Kier alpha value is -1.84. The van der Waals surface area contributed by atoms with E-state index in [1.807, 2.05) is 19.1 Å². The first-order valence-corrected chi connectivity index (χ1v) is 4.26. The lowest BCUT2D eigenvalue weighted by molar-refractivity contribution is -0.112. The lowest BCUT2D eigenvalue weighted by atomic mass is 10.3. The van der Waals surface area contributed by atoms with Gasteiger partial charge in [-0.25, -0.2) is 4.98 Å². The molecular formula is C10H13N3O. The van der Waals surface area contributed by atoms with Gasteiger partial charge < -0.3 is 11.1 Å². The second-order valence-corrected chi connectivity index (χ2v) is 3.04. The van der Waals surface area contributed by atoms with Gasteiger partial charge >= 0.3 is 0 Å². The summed E-state index contributed by atoms with van der Waals surface area (Å²) in [5.74, 6) is 0.274. The van der Waals surface area contributed by atoms with Crippen LogP contribution in [0.2, 0.25) is 0 Å². The minimum Gasteiger partial charge on any atom is -0.402 e. The van der Waals surface area contributed by atoms with E-state index < -0.39 is 0 Å². The van der Waals surface area contributed by atoms with E-state index in [1.165, 1.54) is 6.08 Å². The summed E-state index contributed by atoms with van der Waals surface area (Å²) in [5.41, 5.74) is 6.68. The minimum atomic E-state index is -0.261. The van der Waals surface area contributed by atoms with Gasteiger partial charge in [0, 0.05) is 17.5 Å².